The molecule has 1 aliphatic carbocycles. The fraction of sp³-hybridized carbons (Fsp3) is 0.500. The van der Waals surface area contributed by atoms with Crippen molar-refractivity contribution in [2.24, 2.45) is 0 Å². The third-order valence-corrected chi connectivity index (χ3v) is 5.16. The minimum absolute atomic E-state index is 0.0765. The van der Waals surface area contributed by atoms with Gasteiger partial charge in [-0.3, -0.25) is 9.59 Å². The van der Waals surface area contributed by atoms with Gasteiger partial charge >= 0.3 is 6.09 Å². The van der Waals surface area contributed by atoms with Gasteiger partial charge < -0.3 is 25.4 Å². The van der Waals surface area contributed by atoms with E-state index in [9.17, 15) is 23.9 Å². The molecule has 10 heteroatoms. The van der Waals surface area contributed by atoms with Gasteiger partial charge in [0, 0.05) is 38.0 Å². The Morgan fingerprint density at radius 1 is 1.29 bits per heavy atom. The lowest BCUT2D eigenvalue weighted by Crippen LogP contribution is -2.52. The average Bonchev–Trinajstić information content (AvgIpc) is 3.32. The summed E-state index contributed by atoms with van der Waals surface area (Å²) in [6.07, 6.45) is 0.306. The van der Waals surface area contributed by atoms with E-state index in [2.05, 4.69) is 10.6 Å². The molecule has 28 heavy (non-hydrogen) atoms. The number of benzene rings is 1. The minimum atomic E-state index is -2.27. The van der Waals surface area contributed by atoms with Gasteiger partial charge in [-0.1, -0.05) is 11.6 Å². The first-order valence-electron chi connectivity index (χ1n) is 8.84. The highest BCUT2D eigenvalue weighted by molar-refractivity contribution is 6.30. The van der Waals surface area contributed by atoms with Crippen LogP contribution in [-0.4, -0.2) is 52.3 Å². The maximum Gasteiger partial charge on any atom is 0.410 e. The van der Waals surface area contributed by atoms with Crippen LogP contribution in [0.4, 0.5) is 9.18 Å². The van der Waals surface area contributed by atoms with Crippen molar-refractivity contribution in [1.82, 2.24) is 15.5 Å². The number of nitrogens with one attached hydrogen (secondary N) is 2. The van der Waals surface area contributed by atoms with Gasteiger partial charge in [-0.25, -0.2) is 9.18 Å². The van der Waals surface area contributed by atoms with Crippen LogP contribution < -0.4 is 10.6 Å². The van der Waals surface area contributed by atoms with Crippen LogP contribution in [-0.2, 0) is 20.9 Å². The molecular weight excluding hydrogens is 393 g/mol. The van der Waals surface area contributed by atoms with E-state index in [-0.39, 0.29) is 37.0 Å². The molecule has 3 N–H and O–H groups in total. The molecule has 1 saturated carbocycles. The van der Waals surface area contributed by atoms with Crippen LogP contribution in [0.15, 0.2) is 18.2 Å². The number of carbonyl (C=O) groups is 3. The number of hydrogen-bond donors (Lipinski definition) is 3. The monoisotopic (exact) mass is 413 g/mol. The number of halogens is 2. The van der Waals surface area contributed by atoms with Gasteiger partial charge in [-0.05, 0) is 36.6 Å². The molecule has 0 unspecified atom stereocenters. The molecular formula is C18H21ClFN3O5. The Hall–Kier alpha value is -2.39. The van der Waals surface area contributed by atoms with Gasteiger partial charge in [-0.15, -0.1) is 0 Å². The first kappa shape index (κ1) is 20.3. The second-order valence-electron chi connectivity index (χ2n) is 7.15. The summed E-state index contributed by atoms with van der Waals surface area (Å²) < 4.78 is 18.3. The summed E-state index contributed by atoms with van der Waals surface area (Å²) in [6.45, 7) is 1.80. The predicted octanol–water partition coefficient (Wildman–Crippen LogP) is 1.29. The first-order chi connectivity index (χ1) is 13.1. The van der Waals surface area contributed by atoms with Gasteiger partial charge in [0.15, 0.2) is 0 Å². The van der Waals surface area contributed by atoms with Gasteiger partial charge in [-0.2, -0.15) is 0 Å². The van der Waals surface area contributed by atoms with Crippen LogP contribution >= 0.6 is 11.6 Å². The van der Waals surface area contributed by atoms with Crippen LogP contribution in [0.5, 0.6) is 0 Å². The number of amides is 3. The Balaban J connectivity index is 1.57. The molecule has 2 fully saturated rings. The maximum atomic E-state index is 13.3. The first-order valence-corrected chi connectivity index (χ1v) is 9.22. The average molecular weight is 414 g/mol. The second-order valence-corrected chi connectivity index (χ2v) is 7.58. The highest BCUT2D eigenvalue weighted by atomic mass is 35.5. The van der Waals surface area contributed by atoms with Crippen molar-refractivity contribution in [3.8, 4) is 0 Å². The van der Waals surface area contributed by atoms with E-state index in [1.807, 2.05) is 0 Å². The van der Waals surface area contributed by atoms with Crippen LogP contribution in [0.2, 0.25) is 5.02 Å². The van der Waals surface area contributed by atoms with Gasteiger partial charge in [0.05, 0.1) is 5.54 Å². The molecule has 0 radical (unpaired) electrons. The Bertz CT molecular complexity index is 796. The smallest absolute Gasteiger partial charge is 0.407 e. The number of aliphatic hydroxyl groups is 1. The molecule has 1 atom stereocenters. The Labute approximate surface area is 166 Å². The van der Waals surface area contributed by atoms with E-state index in [0.717, 1.165) is 6.07 Å². The fourth-order valence-electron chi connectivity index (χ4n) is 3.28. The van der Waals surface area contributed by atoms with Crippen molar-refractivity contribution in [1.29, 1.82) is 0 Å². The highest BCUT2D eigenvalue weighted by Gasteiger charge is 2.59. The van der Waals surface area contributed by atoms with E-state index in [0.29, 0.717) is 18.4 Å². The van der Waals surface area contributed by atoms with Crippen molar-refractivity contribution in [3.63, 3.8) is 0 Å². The molecule has 0 spiro atoms. The number of likely N-dealkylation sites (tertiary alicyclic amines) is 1. The fourth-order valence-corrected chi connectivity index (χ4v) is 3.53. The quantitative estimate of drug-likeness (QED) is 0.609. The van der Waals surface area contributed by atoms with Crippen molar-refractivity contribution in [2.75, 3.05) is 13.1 Å². The van der Waals surface area contributed by atoms with Crippen molar-refractivity contribution in [2.45, 2.75) is 44.1 Å². The Morgan fingerprint density at radius 2 is 2.00 bits per heavy atom. The van der Waals surface area contributed by atoms with Crippen molar-refractivity contribution in [3.05, 3.63) is 34.6 Å². The largest absolute Gasteiger partial charge is 0.410 e. The summed E-state index contributed by atoms with van der Waals surface area (Å²) in [5, 5.41) is 15.7. The van der Waals surface area contributed by atoms with E-state index >= 15 is 0 Å². The molecule has 3 rings (SSSR count). The summed E-state index contributed by atoms with van der Waals surface area (Å²) in [6, 6.07) is 3.80. The summed E-state index contributed by atoms with van der Waals surface area (Å²) in [5.74, 6) is -3.73. The standard InChI is InChI=1S/C18H21ClFN3O5/c1-11(24)22-10-17(2-3-17)23-5-4-18(27,15(23)25)28-16(26)21-9-12-6-13(19)8-14(20)7-12/h6-8,27H,2-5,9-10H2,1H3,(H,21,26)(H,22,24)/t18-/m0/s1. The topological polar surface area (TPSA) is 108 Å². The molecule has 8 nitrogen and oxygen atoms in total. The maximum absolute atomic E-state index is 13.3. The molecule has 1 saturated heterocycles. The SMILES string of the molecule is CC(=O)NCC1(N2CC[C@](O)(OC(=O)NCc3cc(F)cc(Cl)c3)C2=O)CC1. The zero-order chi connectivity index (χ0) is 20.5. The normalized spacial score (nSPS) is 22.7. The second kappa shape index (κ2) is 7.56. The summed E-state index contributed by atoms with van der Waals surface area (Å²) >= 11 is 5.75. The lowest BCUT2D eigenvalue weighted by atomic mass is 10.2. The number of ether oxygens (including phenoxy) is 1. The van der Waals surface area contributed by atoms with Gasteiger partial charge in [0.2, 0.25) is 5.91 Å². The van der Waals surface area contributed by atoms with E-state index in [1.54, 1.807) is 0 Å². The van der Waals surface area contributed by atoms with E-state index in [1.165, 1.54) is 24.0 Å². The zero-order valence-corrected chi connectivity index (χ0v) is 16.0. The molecule has 0 aromatic heterocycles. The van der Waals surface area contributed by atoms with E-state index < -0.39 is 29.1 Å². The number of alkyl carbamates (subject to hydrolysis) is 1. The lowest BCUT2D eigenvalue weighted by Gasteiger charge is -2.29. The van der Waals surface area contributed by atoms with Crippen LogP contribution in [0, 0.1) is 5.82 Å². The Morgan fingerprint density at radius 3 is 2.61 bits per heavy atom. The van der Waals surface area contributed by atoms with Crippen LogP contribution in [0.25, 0.3) is 0 Å². The minimum Gasteiger partial charge on any atom is -0.407 e. The van der Waals surface area contributed by atoms with Crippen molar-refractivity contribution >= 4 is 29.5 Å². The zero-order valence-electron chi connectivity index (χ0n) is 15.3. The number of carbonyl (C=O) groups excluding carboxylic acids is 3. The molecule has 1 aromatic rings. The Kier molecular flexibility index (Phi) is 5.49. The molecule has 3 amide bonds. The van der Waals surface area contributed by atoms with Crippen LogP contribution in [0.1, 0.15) is 31.7 Å². The van der Waals surface area contributed by atoms with Crippen molar-refractivity contribution < 1.29 is 28.6 Å². The molecule has 0 bridgehead atoms. The number of hydrogen-bond acceptors (Lipinski definition) is 5. The summed E-state index contributed by atoms with van der Waals surface area (Å²) in [7, 11) is 0. The molecule has 152 valence electrons. The van der Waals surface area contributed by atoms with E-state index in [4.69, 9.17) is 16.3 Å². The third kappa shape index (κ3) is 4.36. The number of nitrogens with zero attached hydrogens (tertiary/aromatic N) is 1. The predicted molar refractivity (Wildman–Crippen MR) is 96.7 cm³/mol. The number of rotatable bonds is 6. The molecule has 1 heterocycles. The van der Waals surface area contributed by atoms with Gasteiger partial charge in [0.25, 0.3) is 11.7 Å². The summed E-state index contributed by atoms with van der Waals surface area (Å²) in [5.41, 5.74) is -0.133. The molecule has 1 aliphatic heterocycles. The summed E-state index contributed by atoms with van der Waals surface area (Å²) in [4.78, 5) is 37.3. The van der Waals surface area contributed by atoms with Crippen LogP contribution in [0.3, 0.4) is 0 Å². The lowest BCUT2D eigenvalue weighted by molar-refractivity contribution is -0.183. The third-order valence-electron chi connectivity index (χ3n) is 4.94. The van der Waals surface area contributed by atoms with Gasteiger partial charge in [0.1, 0.15) is 5.82 Å². The molecule has 1 aromatic carbocycles. The highest BCUT2D eigenvalue weighted by Crippen LogP contribution is 2.45. The molecule has 2 aliphatic rings.